The number of rotatable bonds is 9. The summed E-state index contributed by atoms with van der Waals surface area (Å²) in [5.74, 6) is 1.34. The van der Waals surface area contributed by atoms with Gasteiger partial charge in [-0.25, -0.2) is 0 Å². The molecule has 4 aromatic rings. The number of nitrogens with one attached hydrogen (secondary N) is 2. The highest BCUT2D eigenvalue weighted by molar-refractivity contribution is 6.09. The van der Waals surface area contributed by atoms with E-state index in [1.54, 1.807) is 25.6 Å². The number of morpholine rings is 1. The lowest BCUT2D eigenvalue weighted by molar-refractivity contribution is -0.113. The lowest BCUT2D eigenvalue weighted by Gasteiger charge is -2.28. The van der Waals surface area contributed by atoms with Gasteiger partial charge in [-0.1, -0.05) is 24.3 Å². The highest BCUT2D eigenvalue weighted by Gasteiger charge is 2.26. The Balaban J connectivity index is 1.02. The number of ether oxygens (including phenoxy) is 3. The minimum Gasteiger partial charge on any atom is -0.496 e. The van der Waals surface area contributed by atoms with E-state index in [9.17, 15) is 9.90 Å². The molecular formula is C38H38N4O5. The zero-order valence-corrected chi connectivity index (χ0v) is 26.4. The summed E-state index contributed by atoms with van der Waals surface area (Å²) in [6.45, 7) is 3.86. The summed E-state index contributed by atoms with van der Waals surface area (Å²) >= 11 is 0. The third kappa shape index (κ3) is 6.72. The number of aromatic nitrogens is 1. The molecule has 3 aliphatic rings. The number of hydrogen-bond donors (Lipinski definition) is 3. The van der Waals surface area contributed by atoms with Crippen molar-refractivity contribution in [3.63, 3.8) is 0 Å². The van der Waals surface area contributed by atoms with Crippen LogP contribution >= 0.6 is 0 Å². The lowest BCUT2D eigenvalue weighted by Crippen LogP contribution is -2.36. The molecule has 2 aliphatic heterocycles. The molecular weight excluding hydrogens is 592 g/mol. The summed E-state index contributed by atoms with van der Waals surface area (Å²) in [6, 6.07) is 23.8. The number of hydrogen-bond acceptors (Lipinski definition) is 8. The van der Waals surface area contributed by atoms with E-state index in [1.807, 2.05) is 54.6 Å². The van der Waals surface area contributed by atoms with Crippen LogP contribution in [0, 0.1) is 0 Å². The van der Waals surface area contributed by atoms with Gasteiger partial charge in [-0.2, -0.15) is 0 Å². The first-order valence-electron chi connectivity index (χ1n) is 16.0. The fraction of sp³-hybridized carbons (Fsp3) is 0.263. The minimum atomic E-state index is -0.852. The molecule has 1 unspecified atom stereocenters. The van der Waals surface area contributed by atoms with Crippen LogP contribution in [0.5, 0.6) is 11.5 Å². The second-order valence-corrected chi connectivity index (χ2v) is 11.9. The number of pyridine rings is 1. The van der Waals surface area contributed by atoms with Crippen molar-refractivity contribution in [2.24, 2.45) is 0 Å². The second-order valence-electron chi connectivity index (χ2n) is 11.9. The fourth-order valence-corrected chi connectivity index (χ4v) is 6.32. The van der Waals surface area contributed by atoms with E-state index in [1.165, 1.54) is 5.69 Å². The van der Waals surface area contributed by atoms with Crippen LogP contribution in [0.3, 0.4) is 0 Å². The zero-order chi connectivity index (χ0) is 32.2. The average Bonchev–Trinajstić information content (AvgIpc) is 3.26. The van der Waals surface area contributed by atoms with Gasteiger partial charge in [-0.05, 0) is 84.1 Å². The molecule has 1 aliphatic carbocycles. The Morgan fingerprint density at radius 3 is 2.62 bits per heavy atom. The summed E-state index contributed by atoms with van der Waals surface area (Å²) in [5.41, 5.74) is 8.80. The summed E-state index contributed by atoms with van der Waals surface area (Å²) in [4.78, 5) is 19.8. The van der Waals surface area contributed by atoms with E-state index >= 15 is 0 Å². The molecule has 1 fully saturated rings. The number of allylic oxidation sites excluding steroid dienone is 2. The summed E-state index contributed by atoms with van der Waals surface area (Å²) in [5, 5.41) is 17.6. The van der Waals surface area contributed by atoms with Crippen molar-refractivity contribution in [2.75, 3.05) is 55.6 Å². The predicted octanol–water partition coefficient (Wildman–Crippen LogP) is 6.13. The van der Waals surface area contributed by atoms with Crippen molar-refractivity contribution in [2.45, 2.75) is 25.4 Å². The maximum atomic E-state index is 13.3. The molecule has 1 amide bonds. The van der Waals surface area contributed by atoms with Gasteiger partial charge in [0, 0.05) is 60.0 Å². The Hall–Kier alpha value is -5.12. The minimum absolute atomic E-state index is 0.0946. The molecule has 0 saturated carbocycles. The number of carbonyl (C=O) groups is 1. The van der Waals surface area contributed by atoms with E-state index in [0.29, 0.717) is 42.7 Å². The smallest absolute Gasteiger partial charge is 0.253 e. The molecule has 3 heterocycles. The zero-order valence-electron chi connectivity index (χ0n) is 26.4. The third-order valence-electron chi connectivity index (χ3n) is 8.94. The molecule has 3 N–H and O–H groups in total. The van der Waals surface area contributed by atoms with E-state index in [2.05, 4.69) is 38.7 Å². The Bertz CT molecular complexity index is 1810. The Kier molecular flexibility index (Phi) is 8.90. The molecule has 0 radical (unpaired) electrons. The number of nitrogens with zero attached hydrogens (tertiary/aromatic N) is 2. The van der Waals surface area contributed by atoms with Crippen molar-refractivity contribution in [3.05, 3.63) is 125 Å². The van der Waals surface area contributed by atoms with Crippen molar-refractivity contribution in [1.82, 2.24) is 4.98 Å². The molecule has 47 heavy (non-hydrogen) atoms. The SMILES string of the molecule is COc1cc(C2=CC3=C(CC2)C(=O)Nc2cc(CCOc4ccc(N5CCOCC5)cc4)ccc2N3)ccc1C(O)c1cccnc1. The monoisotopic (exact) mass is 630 g/mol. The molecule has 1 aromatic heterocycles. The highest BCUT2D eigenvalue weighted by atomic mass is 16.5. The van der Waals surface area contributed by atoms with Gasteiger partial charge in [0.05, 0.1) is 38.3 Å². The van der Waals surface area contributed by atoms with Gasteiger partial charge in [0.2, 0.25) is 0 Å². The number of benzene rings is 3. The van der Waals surface area contributed by atoms with Crippen LogP contribution < -0.4 is 25.0 Å². The Morgan fingerprint density at radius 1 is 0.979 bits per heavy atom. The summed E-state index contributed by atoms with van der Waals surface area (Å²) in [7, 11) is 1.60. The van der Waals surface area contributed by atoms with E-state index < -0.39 is 6.10 Å². The van der Waals surface area contributed by atoms with Crippen molar-refractivity contribution in [1.29, 1.82) is 0 Å². The van der Waals surface area contributed by atoms with Crippen LogP contribution in [0.4, 0.5) is 17.1 Å². The molecule has 240 valence electrons. The third-order valence-corrected chi connectivity index (χ3v) is 8.94. The lowest BCUT2D eigenvalue weighted by atomic mass is 9.89. The number of aliphatic hydroxyl groups excluding tert-OH is 1. The fourth-order valence-electron chi connectivity index (χ4n) is 6.32. The van der Waals surface area contributed by atoms with Crippen LogP contribution in [-0.2, 0) is 16.0 Å². The highest BCUT2D eigenvalue weighted by Crippen LogP contribution is 2.39. The quantitative estimate of drug-likeness (QED) is 0.203. The van der Waals surface area contributed by atoms with Gasteiger partial charge >= 0.3 is 0 Å². The average molecular weight is 631 g/mol. The molecule has 3 aromatic carbocycles. The van der Waals surface area contributed by atoms with E-state index in [4.69, 9.17) is 14.2 Å². The first kappa shape index (κ1) is 30.5. The molecule has 0 spiro atoms. The molecule has 9 heteroatoms. The van der Waals surface area contributed by atoms with Gasteiger partial charge in [-0.15, -0.1) is 0 Å². The van der Waals surface area contributed by atoms with Crippen LogP contribution in [-0.4, -0.2) is 56.0 Å². The van der Waals surface area contributed by atoms with E-state index in [-0.39, 0.29) is 5.91 Å². The van der Waals surface area contributed by atoms with Gasteiger partial charge in [0.1, 0.15) is 17.6 Å². The van der Waals surface area contributed by atoms with Crippen molar-refractivity contribution >= 4 is 28.5 Å². The van der Waals surface area contributed by atoms with Crippen LogP contribution in [0.25, 0.3) is 5.57 Å². The van der Waals surface area contributed by atoms with Gasteiger partial charge < -0.3 is 34.9 Å². The second kappa shape index (κ2) is 13.7. The maximum absolute atomic E-state index is 13.3. The maximum Gasteiger partial charge on any atom is 0.253 e. The number of methoxy groups -OCH3 is 1. The van der Waals surface area contributed by atoms with Crippen LogP contribution in [0.2, 0.25) is 0 Å². The first-order valence-corrected chi connectivity index (χ1v) is 16.0. The standard InChI is InChI=1S/C38H38N4O5/c1-45-36-23-27(6-12-32(36)37(43)28-3-2-15-39-24-28)26-5-11-31-34(22-26)40-33-13-4-25(21-35(33)41-38(31)44)14-18-47-30-9-7-29(8-10-30)42-16-19-46-20-17-42/h2-4,6-10,12-13,15,21-24,37,40,43H,5,11,14,16-20H2,1H3,(H,41,44). The van der Waals surface area contributed by atoms with Crippen LogP contribution in [0.15, 0.2) is 103 Å². The normalized spacial score (nSPS) is 16.6. The molecule has 1 atom stereocenters. The van der Waals surface area contributed by atoms with Crippen molar-refractivity contribution in [3.8, 4) is 11.5 Å². The van der Waals surface area contributed by atoms with E-state index in [0.717, 1.165) is 71.4 Å². The number of anilines is 3. The largest absolute Gasteiger partial charge is 0.496 e. The topological polar surface area (TPSA) is 105 Å². The molecule has 9 nitrogen and oxygen atoms in total. The van der Waals surface area contributed by atoms with Crippen LogP contribution in [0.1, 0.15) is 41.2 Å². The van der Waals surface area contributed by atoms with Gasteiger partial charge in [0.25, 0.3) is 5.91 Å². The van der Waals surface area contributed by atoms with Gasteiger partial charge in [-0.3, -0.25) is 9.78 Å². The molecule has 7 rings (SSSR count). The summed E-state index contributed by atoms with van der Waals surface area (Å²) in [6.07, 6.45) is 6.53. The number of carbonyl (C=O) groups excluding carboxylic acids is 1. The first-order chi connectivity index (χ1) is 23.1. The number of fused-ring (bicyclic) bond motifs is 1. The van der Waals surface area contributed by atoms with Crippen molar-refractivity contribution < 1.29 is 24.1 Å². The predicted molar refractivity (Wildman–Crippen MR) is 183 cm³/mol. The molecule has 0 bridgehead atoms. The number of aliphatic hydroxyl groups is 1. The Morgan fingerprint density at radius 2 is 1.83 bits per heavy atom. The Labute approximate surface area is 274 Å². The number of amides is 1. The molecule has 1 saturated heterocycles. The van der Waals surface area contributed by atoms with Gasteiger partial charge in [0.15, 0.2) is 0 Å². The summed E-state index contributed by atoms with van der Waals surface area (Å²) < 4.78 is 17.2.